The van der Waals surface area contributed by atoms with Gasteiger partial charge in [-0.1, -0.05) is 13.3 Å². The minimum Gasteiger partial charge on any atom is -0.459 e. The van der Waals surface area contributed by atoms with E-state index in [1.54, 1.807) is 0 Å². The molecule has 5 fully saturated rings. The van der Waals surface area contributed by atoms with Crippen LogP contribution in [0.15, 0.2) is 0 Å². The molecule has 124 valence electrons. The molecule has 1 unspecified atom stereocenters. The molecule has 0 amide bonds. The first-order valence-corrected chi connectivity index (χ1v) is 9.57. The number of rotatable bonds is 4. The second-order valence-electron chi connectivity index (χ2n) is 8.78. The first kappa shape index (κ1) is 15.0. The van der Waals surface area contributed by atoms with E-state index in [4.69, 9.17) is 4.74 Å². The summed E-state index contributed by atoms with van der Waals surface area (Å²) in [5.74, 6) is 2.64. The summed E-state index contributed by atoms with van der Waals surface area (Å²) in [6, 6.07) is 0. The predicted octanol–water partition coefficient (Wildman–Crippen LogP) is 3.62. The molecule has 4 aliphatic carbocycles. The van der Waals surface area contributed by atoms with E-state index in [2.05, 4.69) is 11.8 Å². The Morgan fingerprint density at radius 2 is 1.59 bits per heavy atom. The van der Waals surface area contributed by atoms with Crippen molar-refractivity contribution in [1.82, 2.24) is 4.90 Å². The molecule has 4 bridgehead atoms. The van der Waals surface area contributed by atoms with E-state index < -0.39 is 0 Å². The Labute approximate surface area is 134 Å². The Balaban J connectivity index is 1.35. The molecule has 22 heavy (non-hydrogen) atoms. The fourth-order valence-corrected chi connectivity index (χ4v) is 6.07. The fraction of sp³-hybridized carbons (Fsp3) is 0.947. The highest BCUT2D eigenvalue weighted by Crippen LogP contribution is 2.57. The smallest absolute Gasteiger partial charge is 0.310 e. The van der Waals surface area contributed by atoms with Gasteiger partial charge in [-0.05, 0) is 82.2 Å². The van der Waals surface area contributed by atoms with Crippen molar-refractivity contribution < 1.29 is 9.53 Å². The monoisotopic (exact) mass is 305 g/mol. The van der Waals surface area contributed by atoms with Gasteiger partial charge in [0.25, 0.3) is 0 Å². The number of nitrogens with zero attached hydrogens (tertiary/aromatic N) is 1. The topological polar surface area (TPSA) is 29.5 Å². The van der Waals surface area contributed by atoms with Crippen LogP contribution in [0.1, 0.15) is 64.7 Å². The maximum atomic E-state index is 12.7. The van der Waals surface area contributed by atoms with Gasteiger partial charge in [-0.2, -0.15) is 0 Å². The van der Waals surface area contributed by atoms with Gasteiger partial charge in [-0.15, -0.1) is 0 Å². The molecule has 3 nitrogen and oxygen atoms in total. The van der Waals surface area contributed by atoms with E-state index in [1.807, 2.05) is 0 Å². The van der Waals surface area contributed by atoms with E-state index in [-0.39, 0.29) is 17.5 Å². The van der Waals surface area contributed by atoms with Crippen molar-refractivity contribution in [2.24, 2.45) is 23.7 Å². The zero-order chi connectivity index (χ0) is 15.2. The number of ether oxygens (including phenoxy) is 1. The highest BCUT2D eigenvalue weighted by molar-refractivity contribution is 5.72. The maximum Gasteiger partial charge on any atom is 0.310 e. The molecule has 0 aromatic rings. The van der Waals surface area contributed by atoms with E-state index in [9.17, 15) is 4.79 Å². The summed E-state index contributed by atoms with van der Waals surface area (Å²) < 4.78 is 6.19. The van der Waals surface area contributed by atoms with Crippen LogP contribution in [0, 0.1) is 23.7 Å². The average Bonchev–Trinajstić information content (AvgIpc) is 2.46. The number of hydrogen-bond donors (Lipinski definition) is 0. The van der Waals surface area contributed by atoms with Gasteiger partial charge < -0.3 is 9.64 Å². The first-order chi connectivity index (χ1) is 10.6. The van der Waals surface area contributed by atoms with Crippen LogP contribution in [0.3, 0.4) is 0 Å². The van der Waals surface area contributed by atoms with Crippen LogP contribution in [-0.2, 0) is 9.53 Å². The standard InChI is InChI=1S/C19H31NO2/c1-14(13-20-5-3-2-4-6-20)18(21)22-19-10-15-7-16(11-19)9-17(8-15)12-19/h14-17H,2-13H2,1H3. The average molecular weight is 305 g/mol. The Morgan fingerprint density at radius 3 is 2.14 bits per heavy atom. The lowest BCUT2D eigenvalue weighted by molar-refractivity contribution is -0.191. The number of carbonyl (C=O) groups excluding carboxylic acids is 1. The molecule has 1 aliphatic heterocycles. The Morgan fingerprint density at radius 1 is 1.05 bits per heavy atom. The molecular formula is C19H31NO2. The van der Waals surface area contributed by atoms with Crippen molar-refractivity contribution in [3.63, 3.8) is 0 Å². The lowest BCUT2D eigenvalue weighted by Crippen LogP contribution is -2.53. The van der Waals surface area contributed by atoms with Gasteiger partial charge in [-0.25, -0.2) is 0 Å². The second kappa shape index (κ2) is 5.81. The van der Waals surface area contributed by atoms with Crippen LogP contribution in [0.2, 0.25) is 0 Å². The van der Waals surface area contributed by atoms with E-state index in [0.29, 0.717) is 0 Å². The third-order valence-electron chi connectivity index (χ3n) is 6.68. The Hall–Kier alpha value is -0.570. The van der Waals surface area contributed by atoms with Gasteiger partial charge in [-0.3, -0.25) is 4.79 Å². The van der Waals surface area contributed by atoms with Gasteiger partial charge >= 0.3 is 5.97 Å². The largest absolute Gasteiger partial charge is 0.459 e. The SMILES string of the molecule is CC(CN1CCCCC1)C(=O)OC12CC3CC(CC(C3)C1)C2. The molecule has 0 aromatic carbocycles. The summed E-state index contributed by atoms with van der Waals surface area (Å²) in [6.45, 7) is 5.28. The van der Waals surface area contributed by atoms with Crippen LogP contribution in [0.25, 0.3) is 0 Å². The van der Waals surface area contributed by atoms with Crippen molar-refractivity contribution in [3.8, 4) is 0 Å². The van der Waals surface area contributed by atoms with Crippen molar-refractivity contribution in [3.05, 3.63) is 0 Å². The minimum atomic E-state index is -0.0675. The van der Waals surface area contributed by atoms with Gasteiger partial charge in [0.05, 0.1) is 5.92 Å². The molecule has 0 N–H and O–H groups in total. The lowest BCUT2D eigenvalue weighted by atomic mass is 9.54. The molecule has 0 aromatic heterocycles. The summed E-state index contributed by atoms with van der Waals surface area (Å²) in [6.07, 6.45) is 11.6. The minimum absolute atomic E-state index is 0.0334. The molecule has 1 heterocycles. The maximum absolute atomic E-state index is 12.7. The third-order valence-corrected chi connectivity index (χ3v) is 6.68. The number of hydrogen-bond acceptors (Lipinski definition) is 3. The second-order valence-corrected chi connectivity index (χ2v) is 8.78. The van der Waals surface area contributed by atoms with Crippen LogP contribution >= 0.6 is 0 Å². The van der Waals surface area contributed by atoms with Crippen molar-refractivity contribution in [2.45, 2.75) is 70.3 Å². The first-order valence-electron chi connectivity index (χ1n) is 9.57. The Kier molecular flexibility index (Phi) is 3.96. The zero-order valence-corrected chi connectivity index (χ0v) is 14.1. The van der Waals surface area contributed by atoms with E-state index in [0.717, 1.165) is 56.7 Å². The van der Waals surface area contributed by atoms with Gasteiger partial charge in [0.15, 0.2) is 0 Å². The lowest BCUT2D eigenvalue weighted by Gasteiger charge is -2.55. The number of piperidine rings is 1. The molecule has 0 radical (unpaired) electrons. The number of esters is 1. The summed E-state index contributed by atoms with van der Waals surface area (Å²) in [5, 5.41) is 0. The molecule has 4 saturated carbocycles. The zero-order valence-electron chi connectivity index (χ0n) is 14.1. The summed E-state index contributed by atoms with van der Waals surface area (Å²) in [5.41, 5.74) is -0.0675. The molecule has 1 atom stereocenters. The van der Waals surface area contributed by atoms with Crippen LogP contribution in [0.4, 0.5) is 0 Å². The molecule has 5 aliphatic rings. The molecular weight excluding hydrogens is 274 g/mol. The summed E-state index contributed by atoms with van der Waals surface area (Å²) in [4.78, 5) is 15.1. The highest BCUT2D eigenvalue weighted by atomic mass is 16.6. The predicted molar refractivity (Wildman–Crippen MR) is 86.5 cm³/mol. The highest BCUT2D eigenvalue weighted by Gasteiger charge is 2.53. The third kappa shape index (κ3) is 2.93. The van der Waals surface area contributed by atoms with Gasteiger partial charge in [0.1, 0.15) is 5.60 Å². The molecule has 5 rings (SSSR count). The summed E-state index contributed by atoms with van der Waals surface area (Å²) in [7, 11) is 0. The molecule has 0 spiro atoms. The molecule has 1 saturated heterocycles. The van der Waals surface area contributed by atoms with Crippen LogP contribution in [0.5, 0.6) is 0 Å². The normalized spacial score (nSPS) is 42.3. The number of likely N-dealkylation sites (tertiary alicyclic amines) is 1. The fourth-order valence-electron chi connectivity index (χ4n) is 6.07. The van der Waals surface area contributed by atoms with Crippen molar-refractivity contribution in [2.75, 3.05) is 19.6 Å². The van der Waals surface area contributed by atoms with E-state index in [1.165, 1.54) is 38.5 Å². The van der Waals surface area contributed by atoms with Crippen LogP contribution < -0.4 is 0 Å². The van der Waals surface area contributed by atoms with Gasteiger partial charge in [0.2, 0.25) is 0 Å². The van der Waals surface area contributed by atoms with E-state index >= 15 is 0 Å². The van der Waals surface area contributed by atoms with Crippen molar-refractivity contribution >= 4 is 5.97 Å². The quantitative estimate of drug-likeness (QED) is 0.743. The molecule has 3 heteroatoms. The number of carbonyl (C=O) groups is 1. The summed E-state index contributed by atoms with van der Waals surface area (Å²) >= 11 is 0. The van der Waals surface area contributed by atoms with Crippen molar-refractivity contribution in [1.29, 1.82) is 0 Å². The van der Waals surface area contributed by atoms with Crippen LogP contribution in [-0.4, -0.2) is 36.1 Å². The Bertz CT molecular complexity index is 392. The van der Waals surface area contributed by atoms with Gasteiger partial charge in [0, 0.05) is 6.54 Å².